The van der Waals surface area contributed by atoms with Crippen molar-refractivity contribution in [2.45, 2.75) is 19.4 Å². The Morgan fingerprint density at radius 2 is 2.36 bits per heavy atom. The number of rotatable bonds is 5. The van der Waals surface area contributed by atoms with E-state index in [9.17, 15) is 0 Å². The molecule has 1 heterocycles. The van der Waals surface area contributed by atoms with E-state index in [4.69, 9.17) is 14.9 Å². The largest absolute Gasteiger partial charge is 0.466 e. The quantitative estimate of drug-likeness (QED) is 0.887. The number of nitrogens with two attached hydrogens (primary N) is 1. The summed E-state index contributed by atoms with van der Waals surface area (Å²) in [5.74, 6) is 1.25. The van der Waals surface area contributed by atoms with Crippen LogP contribution in [0.3, 0.4) is 0 Å². The number of halogens is 1. The topological polar surface area (TPSA) is 48.4 Å². The molecular weight excluding hydrogens is 246 g/mol. The van der Waals surface area contributed by atoms with Gasteiger partial charge in [0.15, 0.2) is 0 Å². The van der Waals surface area contributed by atoms with Gasteiger partial charge in [0.25, 0.3) is 0 Å². The summed E-state index contributed by atoms with van der Waals surface area (Å²) in [5.41, 5.74) is 5.99. The average Bonchev–Trinajstić information content (AvgIpc) is 2.51. The lowest BCUT2D eigenvalue weighted by molar-refractivity contribution is 0.150. The summed E-state index contributed by atoms with van der Waals surface area (Å²) in [7, 11) is 1.70. The highest BCUT2D eigenvalue weighted by Crippen LogP contribution is 2.27. The lowest BCUT2D eigenvalue weighted by atomic mass is 10.0. The zero-order valence-corrected chi connectivity index (χ0v) is 10.1. The van der Waals surface area contributed by atoms with Gasteiger partial charge >= 0.3 is 0 Å². The van der Waals surface area contributed by atoms with Crippen LogP contribution in [0.1, 0.15) is 25.1 Å². The van der Waals surface area contributed by atoms with Gasteiger partial charge in [-0.2, -0.15) is 0 Å². The molecule has 1 aromatic heterocycles. The molecule has 2 atom stereocenters. The molecule has 3 nitrogen and oxygen atoms in total. The monoisotopic (exact) mass is 261 g/mol. The summed E-state index contributed by atoms with van der Waals surface area (Å²) in [6.07, 6.45) is 2.50. The predicted molar refractivity (Wildman–Crippen MR) is 59.0 cm³/mol. The van der Waals surface area contributed by atoms with E-state index < -0.39 is 0 Å². The highest BCUT2D eigenvalue weighted by atomic mass is 79.9. The van der Waals surface area contributed by atoms with E-state index in [2.05, 4.69) is 22.9 Å². The molecule has 0 spiro atoms. The Morgan fingerprint density at radius 1 is 1.64 bits per heavy atom. The van der Waals surface area contributed by atoms with Crippen LogP contribution in [-0.4, -0.2) is 13.7 Å². The number of furan rings is 1. The minimum absolute atomic E-state index is 0.0653. The molecule has 2 unspecified atom stereocenters. The van der Waals surface area contributed by atoms with Gasteiger partial charge in [0, 0.05) is 13.7 Å². The lowest BCUT2D eigenvalue weighted by Gasteiger charge is -2.14. The van der Waals surface area contributed by atoms with Crippen molar-refractivity contribution in [3.63, 3.8) is 0 Å². The Labute approximate surface area is 92.7 Å². The minimum Gasteiger partial charge on any atom is -0.466 e. The first-order chi connectivity index (χ1) is 6.65. The average molecular weight is 262 g/mol. The maximum absolute atomic E-state index is 5.99. The summed E-state index contributed by atoms with van der Waals surface area (Å²) >= 11 is 3.39. The van der Waals surface area contributed by atoms with E-state index in [0.717, 1.165) is 23.3 Å². The van der Waals surface area contributed by atoms with Crippen LogP contribution in [0.25, 0.3) is 0 Å². The highest BCUT2D eigenvalue weighted by Gasteiger charge is 2.16. The Balaban J connectivity index is 2.50. The standard InChI is InChI=1S/C10H16BrNO2/c1-7(6-13-2)5-9(12)10-8(11)3-4-14-10/h3-4,7,9H,5-6,12H2,1-2H3. The Bertz CT molecular complexity index is 275. The van der Waals surface area contributed by atoms with E-state index >= 15 is 0 Å². The van der Waals surface area contributed by atoms with Gasteiger partial charge in [0.1, 0.15) is 5.76 Å². The molecule has 1 rings (SSSR count). The minimum atomic E-state index is -0.0653. The zero-order chi connectivity index (χ0) is 10.6. The van der Waals surface area contributed by atoms with Crippen LogP contribution in [0, 0.1) is 5.92 Å². The maximum atomic E-state index is 5.99. The fourth-order valence-corrected chi connectivity index (χ4v) is 1.96. The zero-order valence-electron chi connectivity index (χ0n) is 8.50. The molecule has 0 amide bonds. The van der Waals surface area contributed by atoms with Gasteiger partial charge in [0.05, 0.1) is 16.8 Å². The first-order valence-corrected chi connectivity index (χ1v) is 5.41. The summed E-state index contributed by atoms with van der Waals surface area (Å²) in [6, 6.07) is 1.79. The van der Waals surface area contributed by atoms with Crippen LogP contribution in [-0.2, 0) is 4.74 Å². The molecule has 0 fully saturated rings. The molecule has 0 saturated carbocycles. The Hall–Kier alpha value is -0.320. The molecular formula is C10H16BrNO2. The molecule has 0 aromatic carbocycles. The third-order valence-corrected chi connectivity index (χ3v) is 2.74. The van der Waals surface area contributed by atoms with Crippen LogP contribution >= 0.6 is 15.9 Å². The van der Waals surface area contributed by atoms with Crippen molar-refractivity contribution in [3.05, 3.63) is 22.6 Å². The van der Waals surface area contributed by atoms with Crippen molar-refractivity contribution in [3.8, 4) is 0 Å². The lowest BCUT2D eigenvalue weighted by Crippen LogP contribution is -2.16. The third-order valence-electron chi connectivity index (χ3n) is 2.09. The second kappa shape index (κ2) is 5.53. The van der Waals surface area contributed by atoms with Crippen LogP contribution in [0.2, 0.25) is 0 Å². The molecule has 0 radical (unpaired) electrons. The molecule has 80 valence electrons. The molecule has 0 saturated heterocycles. The number of ether oxygens (including phenoxy) is 1. The summed E-state index contributed by atoms with van der Waals surface area (Å²) < 4.78 is 11.3. The first kappa shape index (κ1) is 11.8. The normalized spacial score (nSPS) is 15.4. The van der Waals surface area contributed by atoms with Crippen molar-refractivity contribution in [1.82, 2.24) is 0 Å². The Kier molecular flexibility index (Phi) is 4.65. The predicted octanol–water partition coefficient (Wildman–Crippen LogP) is 2.71. The molecule has 2 N–H and O–H groups in total. The molecule has 1 aromatic rings. The maximum Gasteiger partial charge on any atom is 0.134 e. The Morgan fingerprint density at radius 3 is 2.86 bits per heavy atom. The molecule has 0 aliphatic rings. The van der Waals surface area contributed by atoms with Crippen LogP contribution in [0.15, 0.2) is 21.2 Å². The van der Waals surface area contributed by atoms with Gasteiger partial charge in [-0.25, -0.2) is 0 Å². The number of hydrogen-bond donors (Lipinski definition) is 1. The second-order valence-electron chi connectivity index (χ2n) is 3.54. The van der Waals surface area contributed by atoms with Gasteiger partial charge in [0.2, 0.25) is 0 Å². The summed E-state index contributed by atoms with van der Waals surface area (Å²) in [4.78, 5) is 0. The molecule has 14 heavy (non-hydrogen) atoms. The van der Waals surface area contributed by atoms with Crippen molar-refractivity contribution in [2.24, 2.45) is 11.7 Å². The number of hydrogen-bond acceptors (Lipinski definition) is 3. The third kappa shape index (κ3) is 3.12. The molecule has 0 aliphatic carbocycles. The summed E-state index contributed by atoms with van der Waals surface area (Å²) in [5, 5.41) is 0. The van der Waals surface area contributed by atoms with E-state index in [-0.39, 0.29) is 6.04 Å². The van der Waals surface area contributed by atoms with Gasteiger partial charge in [-0.1, -0.05) is 6.92 Å². The van der Waals surface area contributed by atoms with Crippen molar-refractivity contribution in [2.75, 3.05) is 13.7 Å². The van der Waals surface area contributed by atoms with E-state index in [1.165, 1.54) is 0 Å². The fourth-order valence-electron chi connectivity index (χ4n) is 1.46. The van der Waals surface area contributed by atoms with Gasteiger partial charge in [-0.05, 0) is 34.3 Å². The van der Waals surface area contributed by atoms with E-state index in [1.807, 2.05) is 6.07 Å². The number of methoxy groups -OCH3 is 1. The van der Waals surface area contributed by atoms with E-state index in [1.54, 1.807) is 13.4 Å². The molecule has 0 aliphatic heterocycles. The fraction of sp³-hybridized carbons (Fsp3) is 0.600. The van der Waals surface area contributed by atoms with Crippen LogP contribution in [0.5, 0.6) is 0 Å². The summed E-state index contributed by atoms with van der Waals surface area (Å²) in [6.45, 7) is 2.84. The van der Waals surface area contributed by atoms with Gasteiger partial charge < -0.3 is 14.9 Å². The SMILES string of the molecule is COCC(C)CC(N)c1occc1Br. The smallest absolute Gasteiger partial charge is 0.134 e. The van der Waals surface area contributed by atoms with E-state index in [0.29, 0.717) is 5.92 Å². The van der Waals surface area contributed by atoms with Crippen LogP contribution < -0.4 is 5.73 Å². The second-order valence-corrected chi connectivity index (χ2v) is 4.39. The molecule has 0 bridgehead atoms. The van der Waals surface area contributed by atoms with Gasteiger partial charge in [-0.15, -0.1) is 0 Å². The van der Waals surface area contributed by atoms with Gasteiger partial charge in [-0.3, -0.25) is 0 Å². The van der Waals surface area contributed by atoms with Crippen LogP contribution in [0.4, 0.5) is 0 Å². The molecule has 4 heteroatoms. The first-order valence-electron chi connectivity index (χ1n) is 4.62. The van der Waals surface area contributed by atoms with Crippen molar-refractivity contribution >= 4 is 15.9 Å². The van der Waals surface area contributed by atoms with Crippen molar-refractivity contribution < 1.29 is 9.15 Å². The highest BCUT2D eigenvalue weighted by molar-refractivity contribution is 9.10. The van der Waals surface area contributed by atoms with Crippen molar-refractivity contribution in [1.29, 1.82) is 0 Å².